The largest absolute Gasteiger partial charge is 0.491 e. The molecule has 120 valence electrons. The fraction of sp³-hybridized carbons (Fsp3) is 0.0667. The number of halogens is 1. The highest BCUT2D eigenvalue weighted by atomic mass is 35.5. The third kappa shape index (κ3) is 2.24. The fourth-order valence-electron chi connectivity index (χ4n) is 2.51. The molecule has 0 aliphatic carbocycles. The summed E-state index contributed by atoms with van der Waals surface area (Å²) in [5.74, 6) is -0.400. The maximum Gasteiger partial charge on any atom is 0.255 e. The van der Waals surface area contributed by atoms with Crippen LogP contribution in [0, 0.1) is 0 Å². The van der Waals surface area contributed by atoms with Crippen LogP contribution < -0.4 is 5.73 Å². The van der Waals surface area contributed by atoms with E-state index >= 15 is 0 Å². The third-order valence-electron chi connectivity index (χ3n) is 3.63. The zero-order chi connectivity index (χ0) is 16.8. The Morgan fingerprint density at radius 1 is 1.25 bits per heavy atom. The van der Waals surface area contributed by atoms with Gasteiger partial charge in [0.2, 0.25) is 0 Å². The van der Waals surface area contributed by atoms with Gasteiger partial charge in [0.15, 0.2) is 5.82 Å². The van der Waals surface area contributed by atoms with E-state index in [-0.39, 0.29) is 11.7 Å². The minimum absolute atomic E-state index is 0.0603. The molecule has 9 heteroatoms. The molecule has 4 rings (SSSR count). The van der Waals surface area contributed by atoms with Crippen molar-refractivity contribution in [2.75, 3.05) is 5.73 Å². The predicted octanol–water partition coefficient (Wildman–Crippen LogP) is 2.36. The average Bonchev–Trinajstić information content (AvgIpc) is 3.18. The first-order chi connectivity index (χ1) is 11.5. The average molecular weight is 342 g/mol. The van der Waals surface area contributed by atoms with Crippen molar-refractivity contribution in [3.8, 4) is 28.5 Å². The molecule has 0 amide bonds. The number of aromatic amines is 1. The number of nitrogens with one attached hydrogen (secondary N) is 1. The van der Waals surface area contributed by atoms with E-state index in [0.29, 0.717) is 27.7 Å². The summed E-state index contributed by atoms with van der Waals surface area (Å²) in [6, 6.07) is 5.38. The fourth-order valence-corrected chi connectivity index (χ4v) is 2.78. The van der Waals surface area contributed by atoms with Crippen molar-refractivity contribution in [2.45, 2.75) is 0 Å². The molecule has 0 atom stereocenters. The Labute approximate surface area is 140 Å². The van der Waals surface area contributed by atoms with Gasteiger partial charge in [-0.2, -0.15) is 10.2 Å². The molecule has 24 heavy (non-hydrogen) atoms. The Balaban J connectivity index is 2.00. The quantitative estimate of drug-likeness (QED) is 0.515. The van der Waals surface area contributed by atoms with E-state index in [1.165, 1.54) is 0 Å². The first-order valence-corrected chi connectivity index (χ1v) is 7.40. The van der Waals surface area contributed by atoms with E-state index in [9.17, 15) is 5.11 Å². The highest BCUT2D eigenvalue weighted by molar-refractivity contribution is 6.35. The van der Waals surface area contributed by atoms with E-state index in [1.54, 1.807) is 36.3 Å². The third-order valence-corrected chi connectivity index (χ3v) is 3.93. The van der Waals surface area contributed by atoms with Crippen LogP contribution in [0.3, 0.4) is 0 Å². The van der Waals surface area contributed by atoms with Crippen molar-refractivity contribution >= 4 is 28.3 Å². The molecular weight excluding hydrogens is 330 g/mol. The molecule has 1 aromatic carbocycles. The van der Waals surface area contributed by atoms with Crippen molar-refractivity contribution in [2.24, 2.45) is 7.05 Å². The van der Waals surface area contributed by atoms with Crippen LogP contribution in [-0.4, -0.2) is 35.1 Å². The number of anilines is 1. The Kier molecular flexibility index (Phi) is 3.14. The molecule has 4 aromatic rings. The maximum atomic E-state index is 9.90. The van der Waals surface area contributed by atoms with Gasteiger partial charge in [-0.25, -0.2) is 9.97 Å². The number of nitrogen functional groups attached to an aromatic ring is 1. The molecule has 0 aliphatic heterocycles. The lowest BCUT2D eigenvalue weighted by Gasteiger charge is -2.09. The van der Waals surface area contributed by atoms with Gasteiger partial charge in [-0.1, -0.05) is 11.6 Å². The Bertz CT molecular complexity index is 1070. The zero-order valence-electron chi connectivity index (χ0n) is 12.5. The summed E-state index contributed by atoms with van der Waals surface area (Å²) in [7, 11) is 1.80. The molecule has 0 spiro atoms. The van der Waals surface area contributed by atoms with Crippen LogP contribution in [0.1, 0.15) is 0 Å². The van der Waals surface area contributed by atoms with E-state index in [4.69, 9.17) is 17.3 Å². The Morgan fingerprint density at radius 3 is 2.83 bits per heavy atom. The van der Waals surface area contributed by atoms with Gasteiger partial charge in [0.05, 0.1) is 16.7 Å². The number of nitrogens with zero attached hydrogens (tertiary/aromatic N) is 5. The van der Waals surface area contributed by atoms with Gasteiger partial charge in [0.25, 0.3) is 5.88 Å². The number of fused-ring (bicyclic) bond motifs is 1. The van der Waals surface area contributed by atoms with Crippen molar-refractivity contribution in [1.29, 1.82) is 0 Å². The summed E-state index contributed by atoms with van der Waals surface area (Å²) in [5.41, 5.74) is 8.61. The van der Waals surface area contributed by atoms with E-state index in [1.807, 2.05) is 6.07 Å². The SMILES string of the molecule is Cn1ccc(-c2nc(N)c(O)nc2-c2cc(Cl)c3[nH]ncc3c2)n1. The van der Waals surface area contributed by atoms with Crippen LogP contribution in [-0.2, 0) is 7.05 Å². The van der Waals surface area contributed by atoms with Gasteiger partial charge >= 0.3 is 0 Å². The topological polar surface area (TPSA) is 119 Å². The van der Waals surface area contributed by atoms with Crippen LogP contribution in [0.15, 0.2) is 30.6 Å². The second kappa shape index (κ2) is 5.20. The predicted molar refractivity (Wildman–Crippen MR) is 90.4 cm³/mol. The lowest BCUT2D eigenvalue weighted by Crippen LogP contribution is -2.00. The molecule has 3 aromatic heterocycles. The standard InChI is InChI=1S/C15H12ClN7O/c1-23-3-2-10(22-23)13-12(20-15(24)14(17)19-13)7-4-8-6-18-21-11(8)9(16)5-7/h2-6H,1H3,(H2,17,19)(H,18,21)(H,20,24). The number of benzene rings is 1. The molecular formula is C15H12ClN7O. The number of aromatic nitrogens is 6. The monoisotopic (exact) mass is 341 g/mol. The maximum absolute atomic E-state index is 9.90. The highest BCUT2D eigenvalue weighted by Gasteiger charge is 2.18. The molecule has 3 heterocycles. The number of aromatic hydroxyl groups is 1. The van der Waals surface area contributed by atoms with Gasteiger partial charge in [-0.05, 0) is 18.2 Å². The van der Waals surface area contributed by atoms with Crippen LogP contribution >= 0.6 is 11.6 Å². The smallest absolute Gasteiger partial charge is 0.255 e. The van der Waals surface area contributed by atoms with Crippen molar-refractivity contribution < 1.29 is 5.11 Å². The summed E-state index contributed by atoms with van der Waals surface area (Å²) in [5, 5.41) is 22.4. The second-order valence-corrected chi connectivity index (χ2v) is 5.70. The lowest BCUT2D eigenvalue weighted by atomic mass is 10.1. The van der Waals surface area contributed by atoms with Crippen molar-refractivity contribution in [1.82, 2.24) is 29.9 Å². The van der Waals surface area contributed by atoms with Gasteiger partial charge in [-0.3, -0.25) is 9.78 Å². The van der Waals surface area contributed by atoms with Gasteiger partial charge < -0.3 is 10.8 Å². The van der Waals surface area contributed by atoms with Gasteiger partial charge in [0.1, 0.15) is 17.1 Å². The number of nitrogens with two attached hydrogens (primary N) is 1. The minimum atomic E-state index is -0.340. The van der Waals surface area contributed by atoms with Gasteiger partial charge in [0, 0.05) is 24.2 Å². The van der Waals surface area contributed by atoms with Crippen LogP contribution in [0.5, 0.6) is 5.88 Å². The molecule has 0 bridgehead atoms. The Hall–Kier alpha value is -3.13. The molecule has 0 saturated heterocycles. The van der Waals surface area contributed by atoms with Crippen LogP contribution in [0.25, 0.3) is 33.5 Å². The van der Waals surface area contributed by atoms with Crippen LogP contribution in [0.2, 0.25) is 5.02 Å². The zero-order valence-corrected chi connectivity index (χ0v) is 13.3. The van der Waals surface area contributed by atoms with E-state index in [0.717, 1.165) is 10.9 Å². The number of hydrogen-bond donors (Lipinski definition) is 3. The van der Waals surface area contributed by atoms with Crippen molar-refractivity contribution in [3.63, 3.8) is 0 Å². The summed E-state index contributed by atoms with van der Waals surface area (Å²) in [4.78, 5) is 8.44. The molecule has 0 radical (unpaired) electrons. The molecule has 0 fully saturated rings. The molecule has 8 nitrogen and oxygen atoms in total. The summed E-state index contributed by atoms with van der Waals surface area (Å²) >= 11 is 6.30. The number of H-pyrrole nitrogens is 1. The second-order valence-electron chi connectivity index (χ2n) is 5.30. The minimum Gasteiger partial charge on any atom is -0.491 e. The summed E-state index contributed by atoms with van der Waals surface area (Å²) in [6.45, 7) is 0. The number of aryl methyl sites for hydroxylation is 1. The molecule has 0 unspecified atom stereocenters. The molecule has 0 saturated carbocycles. The summed E-state index contributed by atoms with van der Waals surface area (Å²) in [6.07, 6.45) is 3.45. The lowest BCUT2D eigenvalue weighted by molar-refractivity contribution is 0.455. The Morgan fingerprint density at radius 2 is 2.08 bits per heavy atom. The first kappa shape index (κ1) is 14.5. The molecule has 0 aliphatic rings. The van der Waals surface area contributed by atoms with Crippen LogP contribution in [0.4, 0.5) is 5.82 Å². The first-order valence-electron chi connectivity index (χ1n) is 7.02. The normalized spacial score (nSPS) is 11.2. The van der Waals surface area contributed by atoms with E-state index < -0.39 is 0 Å². The van der Waals surface area contributed by atoms with Crippen molar-refractivity contribution in [3.05, 3.63) is 35.6 Å². The number of hydrogen-bond acceptors (Lipinski definition) is 6. The van der Waals surface area contributed by atoms with Gasteiger partial charge in [-0.15, -0.1) is 0 Å². The van der Waals surface area contributed by atoms with E-state index in [2.05, 4.69) is 25.3 Å². The molecule has 4 N–H and O–H groups in total. The summed E-state index contributed by atoms with van der Waals surface area (Å²) < 4.78 is 1.65. The number of rotatable bonds is 2. The highest BCUT2D eigenvalue weighted by Crippen LogP contribution is 2.35.